The molecule has 0 aromatic carbocycles. The smallest absolute Gasteiger partial charge is 0.359 e. The lowest BCUT2D eigenvalue weighted by Gasteiger charge is -2.07. The van der Waals surface area contributed by atoms with Gasteiger partial charge in [0.25, 0.3) is 0 Å². The summed E-state index contributed by atoms with van der Waals surface area (Å²) in [4.78, 5) is 51.3. The van der Waals surface area contributed by atoms with E-state index in [4.69, 9.17) is 10.2 Å². The molecule has 2 N–H and O–H groups in total. The summed E-state index contributed by atoms with van der Waals surface area (Å²) in [6.07, 6.45) is 0. The summed E-state index contributed by atoms with van der Waals surface area (Å²) in [6, 6.07) is 0. The number of carboxylic acid groups (broad SMARTS) is 2. The first-order valence-electron chi connectivity index (χ1n) is 4.88. The van der Waals surface area contributed by atoms with Crippen LogP contribution in [0, 0.1) is 0 Å². The second-order valence-electron chi connectivity index (χ2n) is 3.21. The minimum atomic E-state index is -1.70. The van der Waals surface area contributed by atoms with E-state index in [-0.39, 0.29) is 0 Å². The molecule has 0 atom stereocenters. The Kier molecular flexibility index (Phi) is 4.31. The second kappa shape index (κ2) is 5.73. The van der Waals surface area contributed by atoms with E-state index in [1.165, 1.54) is 0 Å². The third kappa shape index (κ3) is 2.68. The van der Waals surface area contributed by atoms with Crippen LogP contribution in [0.3, 0.4) is 0 Å². The third-order valence-electron chi connectivity index (χ3n) is 2.06. The fourth-order valence-electron chi connectivity index (χ4n) is 1.21. The number of methoxy groups -OCH3 is 2. The van der Waals surface area contributed by atoms with Crippen molar-refractivity contribution in [2.75, 3.05) is 14.2 Å². The van der Waals surface area contributed by atoms with Gasteiger partial charge in [0.15, 0.2) is 22.8 Å². The molecule has 0 aliphatic carbocycles. The molecule has 1 rings (SSSR count). The van der Waals surface area contributed by atoms with E-state index in [1.807, 2.05) is 0 Å². The highest BCUT2D eigenvalue weighted by molar-refractivity contribution is 6.04. The van der Waals surface area contributed by atoms with E-state index in [2.05, 4.69) is 19.4 Å². The Balaban J connectivity index is 3.68. The first kappa shape index (κ1) is 15.0. The minimum absolute atomic E-state index is 0.801. The standard InChI is InChI=1S/C10H8N2O8/c1-19-9(17)5-3(7(13)14)11-4(8(15)16)6(12-5)10(18)20-2/h1-2H3,(H,13,14)(H,15,16). The molecule has 0 spiro atoms. The number of carbonyl (C=O) groups is 4. The van der Waals surface area contributed by atoms with Crippen LogP contribution in [0.15, 0.2) is 0 Å². The van der Waals surface area contributed by atoms with Gasteiger partial charge in [-0.15, -0.1) is 0 Å². The SMILES string of the molecule is COC(=O)c1nc(C(=O)OC)c(C(=O)O)nc1C(=O)O. The van der Waals surface area contributed by atoms with Crippen LogP contribution in [-0.4, -0.2) is 58.3 Å². The van der Waals surface area contributed by atoms with E-state index >= 15 is 0 Å². The molecule has 1 aromatic heterocycles. The van der Waals surface area contributed by atoms with E-state index < -0.39 is 46.7 Å². The zero-order chi connectivity index (χ0) is 15.4. The van der Waals surface area contributed by atoms with Crippen molar-refractivity contribution in [1.29, 1.82) is 0 Å². The first-order valence-corrected chi connectivity index (χ1v) is 4.88. The number of rotatable bonds is 4. The zero-order valence-electron chi connectivity index (χ0n) is 10.2. The normalized spacial score (nSPS) is 9.70. The van der Waals surface area contributed by atoms with Gasteiger partial charge in [0.1, 0.15) is 0 Å². The Morgan fingerprint density at radius 1 is 0.750 bits per heavy atom. The Morgan fingerprint density at radius 3 is 1.30 bits per heavy atom. The van der Waals surface area contributed by atoms with Crippen LogP contribution in [-0.2, 0) is 9.47 Å². The predicted molar refractivity (Wildman–Crippen MR) is 58.6 cm³/mol. The Hall–Kier alpha value is -3.04. The highest BCUT2D eigenvalue weighted by Gasteiger charge is 2.29. The quantitative estimate of drug-likeness (QED) is 0.688. The fraction of sp³-hybridized carbons (Fsp3) is 0.200. The maximum Gasteiger partial charge on any atom is 0.359 e. The monoisotopic (exact) mass is 284 g/mol. The molecule has 0 unspecified atom stereocenters. The van der Waals surface area contributed by atoms with Crippen LogP contribution in [0.25, 0.3) is 0 Å². The molecule has 0 bridgehead atoms. The van der Waals surface area contributed by atoms with Crippen molar-refractivity contribution in [3.8, 4) is 0 Å². The number of nitrogens with zero attached hydrogens (tertiary/aromatic N) is 2. The Morgan fingerprint density at radius 2 is 1.05 bits per heavy atom. The van der Waals surface area contributed by atoms with Gasteiger partial charge in [-0.2, -0.15) is 0 Å². The van der Waals surface area contributed by atoms with E-state index in [0.29, 0.717) is 0 Å². The van der Waals surface area contributed by atoms with Crippen molar-refractivity contribution < 1.29 is 38.9 Å². The summed E-state index contributed by atoms with van der Waals surface area (Å²) in [5, 5.41) is 17.8. The van der Waals surface area contributed by atoms with Crippen molar-refractivity contribution in [3.05, 3.63) is 22.8 Å². The van der Waals surface area contributed by atoms with Crippen LogP contribution in [0.1, 0.15) is 42.0 Å². The van der Waals surface area contributed by atoms with Gasteiger partial charge in [-0.3, -0.25) is 0 Å². The maximum atomic E-state index is 11.4. The molecule has 1 aromatic rings. The number of aromatic carboxylic acids is 2. The summed E-state index contributed by atoms with van der Waals surface area (Å²) in [7, 11) is 1.91. The molecule has 10 heteroatoms. The molecular weight excluding hydrogens is 276 g/mol. The lowest BCUT2D eigenvalue weighted by atomic mass is 10.2. The zero-order valence-corrected chi connectivity index (χ0v) is 10.2. The molecule has 0 radical (unpaired) electrons. The predicted octanol–water partition coefficient (Wildman–Crippen LogP) is -0.554. The van der Waals surface area contributed by atoms with Gasteiger partial charge >= 0.3 is 23.9 Å². The largest absolute Gasteiger partial charge is 0.476 e. The highest BCUT2D eigenvalue weighted by Crippen LogP contribution is 2.12. The topological polar surface area (TPSA) is 153 Å². The van der Waals surface area contributed by atoms with Crippen LogP contribution in [0.4, 0.5) is 0 Å². The second-order valence-corrected chi connectivity index (χ2v) is 3.21. The Labute approximate surface area is 111 Å². The molecule has 0 fully saturated rings. The first-order chi connectivity index (χ1) is 9.33. The Bertz CT molecular complexity index is 560. The summed E-state index contributed by atoms with van der Waals surface area (Å²) >= 11 is 0. The van der Waals surface area contributed by atoms with Gasteiger partial charge in [0.05, 0.1) is 14.2 Å². The van der Waals surface area contributed by atoms with Gasteiger partial charge in [0, 0.05) is 0 Å². The van der Waals surface area contributed by atoms with Crippen LogP contribution < -0.4 is 0 Å². The molecule has 1 heterocycles. The molecule has 106 valence electrons. The molecule has 0 saturated heterocycles. The average Bonchev–Trinajstić information content (AvgIpc) is 2.43. The van der Waals surface area contributed by atoms with Crippen molar-refractivity contribution in [3.63, 3.8) is 0 Å². The van der Waals surface area contributed by atoms with Gasteiger partial charge < -0.3 is 19.7 Å². The number of aromatic nitrogens is 2. The van der Waals surface area contributed by atoms with Crippen molar-refractivity contribution in [2.45, 2.75) is 0 Å². The van der Waals surface area contributed by atoms with Crippen molar-refractivity contribution in [1.82, 2.24) is 9.97 Å². The van der Waals surface area contributed by atoms with Crippen LogP contribution in [0.2, 0.25) is 0 Å². The lowest BCUT2D eigenvalue weighted by molar-refractivity contribution is 0.0550. The number of esters is 2. The number of carboxylic acids is 2. The molecule has 0 aliphatic rings. The number of ether oxygens (including phenoxy) is 2. The average molecular weight is 284 g/mol. The molecule has 0 aliphatic heterocycles. The van der Waals surface area contributed by atoms with E-state index in [9.17, 15) is 19.2 Å². The van der Waals surface area contributed by atoms with E-state index in [0.717, 1.165) is 14.2 Å². The van der Waals surface area contributed by atoms with Gasteiger partial charge in [-0.25, -0.2) is 29.1 Å². The molecule has 0 amide bonds. The molecule has 10 nitrogen and oxygen atoms in total. The number of carbonyl (C=O) groups excluding carboxylic acids is 2. The van der Waals surface area contributed by atoms with Crippen LogP contribution in [0.5, 0.6) is 0 Å². The molecule has 20 heavy (non-hydrogen) atoms. The number of hydrogen-bond donors (Lipinski definition) is 2. The molecular formula is C10H8N2O8. The lowest BCUT2D eigenvalue weighted by Crippen LogP contribution is -2.23. The van der Waals surface area contributed by atoms with Crippen LogP contribution >= 0.6 is 0 Å². The van der Waals surface area contributed by atoms with Gasteiger partial charge in [0.2, 0.25) is 0 Å². The molecule has 0 saturated carbocycles. The van der Waals surface area contributed by atoms with Gasteiger partial charge in [-0.1, -0.05) is 0 Å². The van der Waals surface area contributed by atoms with Gasteiger partial charge in [-0.05, 0) is 0 Å². The summed E-state index contributed by atoms with van der Waals surface area (Å²) in [5.41, 5.74) is -3.49. The summed E-state index contributed by atoms with van der Waals surface area (Å²) in [6.45, 7) is 0. The fourth-order valence-corrected chi connectivity index (χ4v) is 1.21. The third-order valence-corrected chi connectivity index (χ3v) is 2.06. The maximum absolute atomic E-state index is 11.4. The van der Waals surface area contributed by atoms with Crippen molar-refractivity contribution >= 4 is 23.9 Å². The summed E-state index contributed by atoms with van der Waals surface area (Å²) in [5.74, 6) is -5.76. The minimum Gasteiger partial charge on any atom is -0.476 e. The number of hydrogen-bond acceptors (Lipinski definition) is 8. The highest BCUT2D eigenvalue weighted by atomic mass is 16.5. The van der Waals surface area contributed by atoms with E-state index in [1.54, 1.807) is 0 Å². The van der Waals surface area contributed by atoms with Crippen molar-refractivity contribution in [2.24, 2.45) is 0 Å². The summed E-state index contributed by atoms with van der Waals surface area (Å²) < 4.78 is 8.58.